The lowest BCUT2D eigenvalue weighted by molar-refractivity contribution is -0.138. The Balaban J connectivity index is 1.76. The Morgan fingerprint density at radius 1 is 1.32 bits per heavy atom. The van der Waals surface area contributed by atoms with E-state index in [1.807, 2.05) is 12.1 Å². The van der Waals surface area contributed by atoms with E-state index >= 15 is 0 Å². The molecule has 0 fully saturated rings. The molecule has 22 heavy (non-hydrogen) atoms. The van der Waals surface area contributed by atoms with Crippen LogP contribution in [0, 0.1) is 11.8 Å². The van der Waals surface area contributed by atoms with Crippen molar-refractivity contribution in [3.05, 3.63) is 41.3 Å². The molecule has 1 aromatic rings. The van der Waals surface area contributed by atoms with E-state index in [1.165, 1.54) is 19.8 Å². The quantitative estimate of drug-likeness (QED) is 0.839. The SMILES string of the molecule is COC1=C(OC)C(O)(C#CCN2CCc3ccccc32)C1=O. The fraction of sp³-hybridized carbons (Fsp3) is 0.353. The van der Waals surface area contributed by atoms with Crippen LogP contribution in [0.3, 0.4) is 0 Å². The Labute approximate surface area is 129 Å². The van der Waals surface area contributed by atoms with E-state index in [0.29, 0.717) is 6.54 Å². The minimum absolute atomic E-state index is 0.0332. The normalized spacial score (nSPS) is 22.7. The average Bonchev–Trinajstić information content (AvgIpc) is 2.95. The van der Waals surface area contributed by atoms with Gasteiger partial charge in [0.05, 0.1) is 20.8 Å². The monoisotopic (exact) mass is 299 g/mol. The lowest BCUT2D eigenvalue weighted by Crippen LogP contribution is -2.51. The van der Waals surface area contributed by atoms with E-state index in [2.05, 4.69) is 28.9 Å². The van der Waals surface area contributed by atoms with E-state index < -0.39 is 11.4 Å². The Hall–Kier alpha value is -2.45. The molecular weight excluding hydrogens is 282 g/mol. The number of nitrogens with zero attached hydrogens (tertiary/aromatic N) is 1. The Morgan fingerprint density at radius 2 is 2.09 bits per heavy atom. The van der Waals surface area contributed by atoms with Crippen LogP contribution in [0.1, 0.15) is 5.56 Å². The molecule has 1 atom stereocenters. The number of anilines is 1. The maximum Gasteiger partial charge on any atom is 0.254 e. The number of Topliss-reactive ketones (excluding diaryl/α,β-unsaturated/α-hetero) is 1. The zero-order chi connectivity index (χ0) is 15.7. The van der Waals surface area contributed by atoms with Crippen molar-refractivity contribution in [3.8, 4) is 11.8 Å². The third-order valence-electron chi connectivity index (χ3n) is 4.00. The summed E-state index contributed by atoms with van der Waals surface area (Å²) in [6.07, 6.45) is 0.984. The molecule has 1 aromatic carbocycles. The average molecular weight is 299 g/mol. The maximum absolute atomic E-state index is 11.9. The summed E-state index contributed by atoms with van der Waals surface area (Å²) in [5, 5.41) is 10.3. The van der Waals surface area contributed by atoms with Crippen molar-refractivity contribution < 1.29 is 19.4 Å². The van der Waals surface area contributed by atoms with Crippen LogP contribution >= 0.6 is 0 Å². The van der Waals surface area contributed by atoms with Gasteiger partial charge in [-0.15, -0.1) is 0 Å². The molecule has 1 aliphatic heterocycles. The number of methoxy groups -OCH3 is 2. The zero-order valence-electron chi connectivity index (χ0n) is 12.5. The zero-order valence-corrected chi connectivity index (χ0v) is 12.5. The van der Waals surface area contributed by atoms with Crippen LogP contribution in [0.2, 0.25) is 0 Å². The lowest BCUT2D eigenvalue weighted by atomic mass is 9.83. The highest BCUT2D eigenvalue weighted by atomic mass is 16.5. The molecule has 0 saturated heterocycles. The van der Waals surface area contributed by atoms with Crippen molar-refractivity contribution in [2.24, 2.45) is 0 Å². The molecule has 0 amide bonds. The van der Waals surface area contributed by atoms with Crippen LogP contribution < -0.4 is 4.90 Å². The predicted octanol–water partition coefficient (Wildman–Crippen LogP) is 0.871. The first-order valence-electron chi connectivity index (χ1n) is 7.04. The Morgan fingerprint density at radius 3 is 2.82 bits per heavy atom. The van der Waals surface area contributed by atoms with Gasteiger partial charge in [-0.1, -0.05) is 24.1 Å². The third-order valence-corrected chi connectivity index (χ3v) is 4.00. The molecule has 5 heteroatoms. The molecule has 0 saturated carbocycles. The van der Waals surface area contributed by atoms with E-state index in [-0.39, 0.29) is 11.5 Å². The molecule has 0 aromatic heterocycles. The minimum atomic E-state index is -1.88. The number of para-hydroxylation sites is 1. The first-order chi connectivity index (χ1) is 10.6. The van der Waals surface area contributed by atoms with Crippen LogP contribution in [0.5, 0.6) is 0 Å². The van der Waals surface area contributed by atoms with Gasteiger partial charge in [0.2, 0.25) is 5.76 Å². The second kappa shape index (κ2) is 5.39. The van der Waals surface area contributed by atoms with Gasteiger partial charge >= 0.3 is 0 Å². The number of fused-ring (bicyclic) bond motifs is 1. The molecular formula is C17H17NO4. The van der Waals surface area contributed by atoms with Crippen LogP contribution in [0.25, 0.3) is 0 Å². The summed E-state index contributed by atoms with van der Waals surface area (Å²) in [6, 6.07) is 8.16. The summed E-state index contributed by atoms with van der Waals surface area (Å²) < 4.78 is 9.91. The smallest absolute Gasteiger partial charge is 0.254 e. The molecule has 114 valence electrons. The molecule has 0 radical (unpaired) electrons. The largest absolute Gasteiger partial charge is 0.493 e. The molecule has 1 N–H and O–H groups in total. The number of carbonyl (C=O) groups excluding carboxylic acids is 1. The molecule has 5 nitrogen and oxygen atoms in total. The number of ketones is 1. The molecule has 0 spiro atoms. The van der Waals surface area contributed by atoms with Gasteiger partial charge < -0.3 is 19.5 Å². The maximum atomic E-state index is 11.9. The molecule has 0 bridgehead atoms. The van der Waals surface area contributed by atoms with Gasteiger partial charge in [0, 0.05) is 12.2 Å². The van der Waals surface area contributed by atoms with Crippen molar-refractivity contribution in [2.75, 3.05) is 32.2 Å². The van der Waals surface area contributed by atoms with Gasteiger partial charge in [-0.05, 0) is 24.0 Å². The number of benzene rings is 1. The number of ether oxygens (including phenoxy) is 2. The molecule has 1 aliphatic carbocycles. The summed E-state index contributed by atoms with van der Waals surface area (Å²) >= 11 is 0. The second-order valence-corrected chi connectivity index (χ2v) is 5.21. The number of carbonyl (C=O) groups is 1. The minimum Gasteiger partial charge on any atom is -0.493 e. The van der Waals surface area contributed by atoms with Crippen LogP contribution in [0.4, 0.5) is 5.69 Å². The fourth-order valence-corrected chi connectivity index (χ4v) is 2.85. The van der Waals surface area contributed by atoms with Crippen LogP contribution in [0.15, 0.2) is 35.8 Å². The summed E-state index contributed by atoms with van der Waals surface area (Å²) in [4.78, 5) is 14.0. The highest BCUT2D eigenvalue weighted by Gasteiger charge is 2.55. The summed E-state index contributed by atoms with van der Waals surface area (Å²) in [6.45, 7) is 1.34. The Kier molecular flexibility index (Phi) is 3.55. The van der Waals surface area contributed by atoms with Gasteiger partial charge in [0.25, 0.3) is 11.4 Å². The van der Waals surface area contributed by atoms with Crippen molar-refractivity contribution in [1.29, 1.82) is 0 Å². The van der Waals surface area contributed by atoms with Crippen LogP contribution in [-0.4, -0.2) is 43.8 Å². The van der Waals surface area contributed by atoms with Gasteiger partial charge in [0.1, 0.15) is 0 Å². The topological polar surface area (TPSA) is 59.0 Å². The van der Waals surface area contributed by atoms with Crippen molar-refractivity contribution >= 4 is 11.5 Å². The van der Waals surface area contributed by atoms with Crippen molar-refractivity contribution in [1.82, 2.24) is 0 Å². The molecule has 3 rings (SSSR count). The standard InChI is InChI=1S/C17H17NO4/c1-21-14-15(19)17(20,16(14)22-2)9-5-10-18-11-8-12-6-3-4-7-13(12)18/h3-4,6-7,20H,8,10-11H2,1-2H3. The molecule has 1 unspecified atom stereocenters. The second-order valence-electron chi connectivity index (χ2n) is 5.21. The van der Waals surface area contributed by atoms with E-state index in [4.69, 9.17) is 9.47 Å². The van der Waals surface area contributed by atoms with E-state index in [1.54, 1.807) is 0 Å². The highest BCUT2D eigenvalue weighted by Crippen LogP contribution is 2.35. The van der Waals surface area contributed by atoms with Gasteiger partial charge in [-0.2, -0.15) is 0 Å². The van der Waals surface area contributed by atoms with Gasteiger partial charge in [0.15, 0.2) is 5.76 Å². The Bertz CT molecular complexity index is 713. The number of hydrogen-bond acceptors (Lipinski definition) is 5. The lowest BCUT2D eigenvalue weighted by Gasteiger charge is -2.32. The van der Waals surface area contributed by atoms with Crippen molar-refractivity contribution in [3.63, 3.8) is 0 Å². The number of hydrogen-bond donors (Lipinski definition) is 1. The fourth-order valence-electron chi connectivity index (χ4n) is 2.85. The van der Waals surface area contributed by atoms with Gasteiger partial charge in [-0.25, -0.2) is 0 Å². The highest BCUT2D eigenvalue weighted by molar-refractivity contribution is 6.12. The number of rotatable bonds is 3. The first kappa shape index (κ1) is 14.5. The van der Waals surface area contributed by atoms with Crippen molar-refractivity contribution in [2.45, 2.75) is 12.0 Å². The number of aliphatic hydroxyl groups is 1. The van der Waals surface area contributed by atoms with E-state index in [9.17, 15) is 9.90 Å². The summed E-state index contributed by atoms with van der Waals surface area (Å²) in [5.41, 5.74) is 0.574. The molecule has 2 aliphatic rings. The summed E-state index contributed by atoms with van der Waals surface area (Å²) in [7, 11) is 2.74. The van der Waals surface area contributed by atoms with Gasteiger partial charge in [-0.3, -0.25) is 4.79 Å². The predicted molar refractivity (Wildman–Crippen MR) is 81.1 cm³/mol. The van der Waals surface area contributed by atoms with E-state index in [0.717, 1.165) is 18.7 Å². The summed E-state index contributed by atoms with van der Waals surface area (Å²) in [5.74, 6) is 5.06. The third kappa shape index (κ3) is 2.04. The first-order valence-corrected chi connectivity index (χ1v) is 7.04. The van der Waals surface area contributed by atoms with Crippen LogP contribution in [-0.2, 0) is 20.7 Å². The molecule has 1 heterocycles.